The monoisotopic (exact) mass is 316 g/mol. The maximum absolute atomic E-state index is 11.8. The van der Waals surface area contributed by atoms with Gasteiger partial charge < -0.3 is 10.6 Å². The Morgan fingerprint density at radius 2 is 2.18 bits per heavy atom. The Balaban J connectivity index is 2.67. The molecule has 0 spiro atoms. The molecule has 1 rings (SSSR count). The van der Waals surface area contributed by atoms with Crippen molar-refractivity contribution in [1.29, 1.82) is 0 Å². The highest BCUT2D eigenvalue weighted by molar-refractivity contribution is 9.10. The van der Waals surface area contributed by atoms with Gasteiger partial charge in [0.2, 0.25) is 11.8 Å². The van der Waals surface area contributed by atoms with Crippen LogP contribution in [-0.2, 0) is 9.59 Å². The number of halogens is 1. The van der Waals surface area contributed by atoms with E-state index in [4.69, 9.17) is 0 Å². The van der Waals surface area contributed by atoms with Crippen LogP contribution in [-0.4, -0.2) is 23.6 Å². The van der Waals surface area contributed by atoms with Gasteiger partial charge in [0.05, 0.1) is 0 Å². The zero-order valence-corrected chi connectivity index (χ0v) is 11.7. The lowest BCUT2D eigenvalue weighted by molar-refractivity contribution is -0.124. The first kappa shape index (κ1) is 14.1. The first-order chi connectivity index (χ1) is 8.02. The van der Waals surface area contributed by atoms with Crippen LogP contribution in [0.2, 0.25) is 0 Å². The van der Waals surface area contributed by atoms with Crippen molar-refractivity contribution in [3.05, 3.63) is 28.7 Å². The number of hydrogen-bond acceptors (Lipinski definition) is 3. The summed E-state index contributed by atoms with van der Waals surface area (Å²) in [6.45, 7) is 1.36. The molecule has 1 aromatic rings. The predicted octanol–water partition coefficient (Wildman–Crippen LogP) is 1.82. The molecule has 0 saturated carbocycles. The molecule has 0 fully saturated rings. The lowest BCUT2D eigenvalue weighted by Gasteiger charge is -2.15. The molecule has 92 valence electrons. The van der Waals surface area contributed by atoms with Crippen LogP contribution in [0.4, 0.5) is 5.69 Å². The Morgan fingerprint density at radius 3 is 2.71 bits per heavy atom. The van der Waals surface area contributed by atoms with E-state index < -0.39 is 6.04 Å². The first-order valence-corrected chi connectivity index (χ1v) is 6.40. The fourth-order valence-electron chi connectivity index (χ4n) is 1.24. The van der Waals surface area contributed by atoms with E-state index in [0.717, 1.165) is 4.47 Å². The molecular formula is C11H13BrN2O2S. The van der Waals surface area contributed by atoms with Crippen LogP contribution in [0.5, 0.6) is 0 Å². The van der Waals surface area contributed by atoms with Gasteiger partial charge in [-0.1, -0.05) is 22.0 Å². The predicted molar refractivity (Wildman–Crippen MR) is 74.2 cm³/mol. The smallest absolute Gasteiger partial charge is 0.247 e. The Bertz CT molecular complexity index is 426. The molecule has 0 heterocycles. The van der Waals surface area contributed by atoms with Gasteiger partial charge in [0.1, 0.15) is 6.04 Å². The zero-order valence-electron chi connectivity index (χ0n) is 9.24. The fraction of sp³-hybridized carbons (Fsp3) is 0.273. The normalized spacial score (nSPS) is 11.7. The largest absolute Gasteiger partial charge is 0.344 e. The van der Waals surface area contributed by atoms with Crippen LogP contribution in [0.1, 0.15) is 6.92 Å². The second kappa shape index (κ2) is 6.66. The summed E-state index contributed by atoms with van der Waals surface area (Å²) in [6, 6.07) is 6.59. The first-order valence-electron chi connectivity index (χ1n) is 4.97. The van der Waals surface area contributed by atoms with Gasteiger partial charge in [-0.3, -0.25) is 9.59 Å². The number of carbonyl (C=O) groups excluding carboxylic acids is 2. The molecule has 4 nitrogen and oxygen atoms in total. The maximum Gasteiger partial charge on any atom is 0.247 e. The molecule has 0 aromatic heterocycles. The van der Waals surface area contributed by atoms with Crippen molar-refractivity contribution in [3.8, 4) is 0 Å². The highest BCUT2D eigenvalue weighted by Gasteiger charge is 2.17. The minimum absolute atomic E-state index is 0.249. The van der Waals surface area contributed by atoms with Crippen LogP contribution in [0.15, 0.2) is 28.7 Å². The second-order valence-electron chi connectivity index (χ2n) is 3.44. The second-order valence-corrected chi connectivity index (χ2v) is 4.72. The molecule has 1 aromatic carbocycles. The summed E-state index contributed by atoms with van der Waals surface area (Å²) >= 11 is 7.34. The van der Waals surface area contributed by atoms with Gasteiger partial charge in [-0.25, -0.2) is 0 Å². The molecule has 0 aliphatic heterocycles. The number of amides is 2. The number of hydrogen-bond donors (Lipinski definition) is 3. The summed E-state index contributed by atoms with van der Waals surface area (Å²) in [6.07, 6.45) is 0. The van der Waals surface area contributed by atoms with Crippen molar-refractivity contribution < 1.29 is 9.59 Å². The molecule has 2 N–H and O–H groups in total. The summed E-state index contributed by atoms with van der Waals surface area (Å²) < 4.78 is 0.872. The van der Waals surface area contributed by atoms with Crippen molar-refractivity contribution in [2.45, 2.75) is 13.0 Å². The molecule has 17 heavy (non-hydrogen) atoms. The van der Waals surface area contributed by atoms with Gasteiger partial charge in [0.25, 0.3) is 0 Å². The van der Waals surface area contributed by atoms with Gasteiger partial charge >= 0.3 is 0 Å². The molecule has 1 unspecified atom stereocenters. The van der Waals surface area contributed by atoms with E-state index in [1.165, 1.54) is 6.92 Å². The van der Waals surface area contributed by atoms with Crippen LogP contribution < -0.4 is 10.6 Å². The maximum atomic E-state index is 11.8. The van der Waals surface area contributed by atoms with Crippen LogP contribution in [0.25, 0.3) is 0 Å². The van der Waals surface area contributed by atoms with Crippen molar-refractivity contribution in [1.82, 2.24) is 5.32 Å². The average Bonchev–Trinajstić information content (AvgIpc) is 2.25. The molecule has 0 saturated heterocycles. The third-order valence-corrected chi connectivity index (χ3v) is 2.83. The Hall–Kier alpha value is -1.01. The number of nitrogens with one attached hydrogen (secondary N) is 2. The van der Waals surface area contributed by atoms with Gasteiger partial charge in [-0.15, -0.1) is 0 Å². The Morgan fingerprint density at radius 1 is 1.47 bits per heavy atom. The van der Waals surface area contributed by atoms with Gasteiger partial charge in [-0.2, -0.15) is 12.6 Å². The molecule has 0 bridgehead atoms. The topological polar surface area (TPSA) is 58.2 Å². The van der Waals surface area contributed by atoms with Crippen molar-refractivity contribution >= 4 is 46.1 Å². The van der Waals surface area contributed by atoms with E-state index in [1.54, 1.807) is 12.1 Å². The minimum Gasteiger partial charge on any atom is -0.344 e. The average molecular weight is 317 g/mol. The summed E-state index contributed by atoms with van der Waals surface area (Å²) in [5, 5.41) is 5.23. The van der Waals surface area contributed by atoms with E-state index in [-0.39, 0.29) is 17.6 Å². The van der Waals surface area contributed by atoms with E-state index in [9.17, 15) is 9.59 Å². The Kier molecular flexibility index (Phi) is 5.50. The van der Waals surface area contributed by atoms with Crippen LogP contribution in [0, 0.1) is 0 Å². The number of thiol groups is 1. The Labute approximate surface area is 114 Å². The van der Waals surface area contributed by atoms with Gasteiger partial charge in [0, 0.05) is 22.8 Å². The SMILES string of the molecule is CC(=O)NC(CS)C(=O)Nc1cccc(Br)c1. The number of benzene rings is 1. The summed E-state index contributed by atoms with van der Waals surface area (Å²) in [4.78, 5) is 22.7. The highest BCUT2D eigenvalue weighted by Crippen LogP contribution is 2.15. The highest BCUT2D eigenvalue weighted by atomic mass is 79.9. The molecule has 2 amide bonds. The van der Waals surface area contributed by atoms with Crippen LogP contribution in [0.3, 0.4) is 0 Å². The third kappa shape index (κ3) is 4.79. The zero-order chi connectivity index (χ0) is 12.8. The standard InChI is InChI=1S/C11H13BrN2O2S/c1-7(15)13-10(6-17)11(16)14-9-4-2-3-8(12)5-9/h2-5,10,17H,6H2,1H3,(H,13,15)(H,14,16). The number of anilines is 1. The van der Waals surface area contributed by atoms with E-state index in [0.29, 0.717) is 5.69 Å². The van der Waals surface area contributed by atoms with Crippen molar-refractivity contribution in [2.24, 2.45) is 0 Å². The fourth-order valence-corrected chi connectivity index (χ4v) is 1.89. The van der Waals surface area contributed by atoms with Crippen molar-refractivity contribution in [2.75, 3.05) is 11.1 Å². The number of carbonyl (C=O) groups is 2. The number of rotatable bonds is 4. The quantitative estimate of drug-likeness (QED) is 0.742. The van der Waals surface area contributed by atoms with E-state index >= 15 is 0 Å². The van der Waals surface area contributed by atoms with Crippen LogP contribution >= 0.6 is 28.6 Å². The summed E-state index contributed by atoms with van der Waals surface area (Å²) in [5.41, 5.74) is 0.668. The molecule has 1 atom stereocenters. The van der Waals surface area contributed by atoms with E-state index in [2.05, 4.69) is 39.2 Å². The lowest BCUT2D eigenvalue weighted by atomic mass is 10.2. The third-order valence-electron chi connectivity index (χ3n) is 1.97. The molecule has 0 aliphatic carbocycles. The molecule has 0 radical (unpaired) electrons. The van der Waals surface area contributed by atoms with Crippen molar-refractivity contribution in [3.63, 3.8) is 0 Å². The lowest BCUT2D eigenvalue weighted by Crippen LogP contribution is -2.44. The molecule has 0 aliphatic rings. The molecule has 6 heteroatoms. The summed E-state index contributed by atoms with van der Waals surface area (Å²) in [5.74, 6) is -0.291. The summed E-state index contributed by atoms with van der Waals surface area (Å²) in [7, 11) is 0. The minimum atomic E-state index is -0.630. The van der Waals surface area contributed by atoms with Gasteiger partial charge in [0.15, 0.2) is 0 Å². The van der Waals surface area contributed by atoms with E-state index in [1.807, 2.05) is 12.1 Å². The van der Waals surface area contributed by atoms with Gasteiger partial charge in [-0.05, 0) is 18.2 Å². The molecular weight excluding hydrogens is 304 g/mol.